The highest BCUT2D eigenvalue weighted by atomic mass is 32.2. The van der Waals surface area contributed by atoms with Gasteiger partial charge in [0, 0.05) is 24.2 Å². The average molecular weight is 999 g/mol. The first-order chi connectivity index (χ1) is 34.2. The van der Waals surface area contributed by atoms with Crippen LogP contribution in [0.15, 0.2) is 84.0 Å². The van der Waals surface area contributed by atoms with E-state index in [1.807, 2.05) is 66.5 Å². The summed E-state index contributed by atoms with van der Waals surface area (Å²) in [5.74, 6) is 1.34. The van der Waals surface area contributed by atoms with Gasteiger partial charge in [-0.1, -0.05) is 81.0 Å². The van der Waals surface area contributed by atoms with Gasteiger partial charge in [0.1, 0.15) is 37.1 Å². The molecule has 1 aliphatic heterocycles. The quantitative estimate of drug-likeness (QED) is 0.0231. The second-order valence-corrected chi connectivity index (χ2v) is 19.7. The van der Waals surface area contributed by atoms with Crippen molar-refractivity contribution >= 4 is 40.4 Å². The third-order valence-corrected chi connectivity index (χ3v) is 13.4. The van der Waals surface area contributed by atoms with Crippen molar-refractivity contribution in [2.24, 2.45) is 5.16 Å². The number of thioether (sulfide) groups is 1. The molecule has 1 fully saturated rings. The first kappa shape index (κ1) is 54.8. The van der Waals surface area contributed by atoms with E-state index in [1.165, 1.54) is 18.2 Å². The molecule has 0 spiro atoms. The molecule has 16 nitrogen and oxygen atoms in total. The minimum Gasteiger partial charge on any atom is -0.492 e. The maximum Gasteiger partial charge on any atom is 0.337 e. The van der Waals surface area contributed by atoms with Gasteiger partial charge in [-0.2, -0.15) is 4.98 Å². The predicted octanol–water partition coefficient (Wildman–Crippen LogP) is 7.87. The van der Waals surface area contributed by atoms with Gasteiger partial charge in [0.15, 0.2) is 0 Å². The molecule has 4 aromatic rings. The van der Waals surface area contributed by atoms with E-state index in [0.29, 0.717) is 109 Å². The Balaban J connectivity index is 0.770. The van der Waals surface area contributed by atoms with Crippen molar-refractivity contribution in [3.05, 3.63) is 118 Å². The van der Waals surface area contributed by atoms with Crippen LogP contribution >= 0.6 is 11.8 Å². The van der Waals surface area contributed by atoms with Crippen molar-refractivity contribution in [1.29, 1.82) is 0 Å². The number of pyridine rings is 1. The number of rotatable bonds is 30. The molecule has 1 N–H and O–H groups in total. The van der Waals surface area contributed by atoms with Crippen molar-refractivity contribution in [2.75, 3.05) is 111 Å². The van der Waals surface area contributed by atoms with Gasteiger partial charge in [-0.25, -0.2) is 4.79 Å². The molecule has 2 amide bonds. The molecule has 2 heterocycles. The fourth-order valence-corrected chi connectivity index (χ4v) is 8.94. The largest absolute Gasteiger partial charge is 0.492 e. The van der Waals surface area contributed by atoms with Gasteiger partial charge in [-0.05, 0) is 95.7 Å². The van der Waals surface area contributed by atoms with Crippen LogP contribution in [0, 0.1) is 6.92 Å². The summed E-state index contributed by atoms with van der Waals surface area (Å²) in [6, 6.07) is 25.0. The maximum atomic E-state index is 12.1. The third-order valence-electron chi connectivity index (χ3n) is 12.4. The molecule has 1 aliphatic carbocycles. The first-order valence-corrected chi connectivity index (χ1v) is 25.1. The van der Waals surface area contributed by atoms with Gasteiger partial charge in [0.2, 0.25) is 11.8 Å². The molecule has 71 heavy (non-hydrogen) atoms. The number of aromatic nitrogens is 1. The Morgan fingerprint density at radius 3 is 1.86 bits per heavy atom. The zero-order chi connectivity index (χ0) is 50.6. The Kier molecular flexibility index (Phi) is 21.1. The van der Waals surface area contributed by atoms with Gasteiger partial charge < -0.3 is 47.6 Å². The molecule has 1 atom stereocenters. The number of imide groups is 1. The number of nitrogens with zero attached hydrogens (tertiary/aromatic N) is 3. The van der Waals surface area contributed by atoms with Crippen LogP contribution < -0.4 is 19.7 Å². The summed E-state index contributed by atoms with van der Waals surface area (Å²) in [5.41, 5.74) is 7.88. The molecule has 1 aromatic heterocycles. The lowest BCUT2D eigenvalue weighted by molar-refractivity contribution is -0.118. The number of esters is 1. The lowest BCUT2D eigenvalue weighted by atomic mass is 9.62. The van der Waals surface area contributed by atoms with E-state index in [-0.39, 0.29) is 28.6 Å². The summed E-state index contributed by atoms with van der Waals surface area (Å²) in [6.45, 7) is 17.2. The van der Waals surface area contributed by atoms with Crippen LogP contribution in [0.3, 0.4) is 0 Å². The molecular formula is C54H70N4O12S. The summed E-state index contributed by atoms with van der Waals surface area (Å²) < 4.78 is 44.9. The molecule has 2 aliphatic rings. The van der Waals surface area contributed by atoms with E-state index in [9.17, 15) is 14.4 Å². The fraction of sp³-hybridized carbons (Fsp3) is 0.500. The molecule has 6 rings (SSSR count). The van der Waals surface area contributed by atoms with Crippen molar-refractivity contribution in [3.63, 3.8) is 0 Å². The Morgan fingerprint density at radius 2 is 1.28 bits per heavy atom. The van der Waals surface area contributed by atoms with Crippen LogP contribution in [0.4, 0.5) is 10.6 Å². The predicted molar refractivity (Wildman–Crippen MR) is 273 cm³/mol. The normalized spacial score (nSPS) is 16.0. The smallest absolute Gasteiger partial charge is 0.337 e. The van der Waals surface area contributed by atoms with Crippen molar-refractivity contribution in [2.45, 2.75) is 70.0 Å². The SMILES string of the molecule is COC(=O)c1ccc(/C(=N/OCCOCCOCCOCCOCCOCCOc2cccc(N(C)CCOc3ccc(CC4SC(=O)NC4=O)cc3)n2)c2cc3c(cc2C)C(C)(C)CCC3(C)C)cc1. The van der Waals surface area contributed by atoms with Crippen LogP contribution in [0.2, 0.25) is 0 Å². The molecule has 1 saturated heterocycles. The standard InChI is InChI=1S/C54H70N4O12S/c1-38-35-44-45(54(4,5)20-19-53(44,2)3)37-43(38)49(40-13-15-41(16-14-40)51(60)62-7)57-70-34-32-67-30-28-65-26-24-63-23-25-64-27-29-66-31-33-69-48-10-8-9-47(55-48)58(6)21-22-68-42-17-11-39(12-18-42)36-46-50(59)56-52(61)71-46/h8-18,35,37,46H,19-34,36H2,1-7H3,(H,56,59,61)/b57-49-. The van der Waals surface area contributed by atoms with Crippen molar-refractivity contribution in [3.8, 4) is 11.6 Å². The monoisotopic (exact) mass is 998 g/mol. The average Bonchev–Trinajstić information content (AvgIpc) is 3.68. The third kappa shape index (κ3) is 16.8. The number of methoxy groups -OCH3 is 1. The number of nitrogens with one attached hydrogen (secondary N) is 1. The first-order valence-electron chi connectivity index (χ1n) is 24.2. The number of anilines is 1. The zero-order valence-corrected chi connectivity index (χ0v) is 43.1. The molecule has 17 heteroatoms. The fourth-order valence-electron chi connectivity index (χ4n) is 8.09. The Bertz CT molecular complexity index is 2380. The van der Waals surface area contributed by atoms with Gasteiger partial charge in [0.25, 0.3) is 5.24 Å². The second-order valence-electron chi connectivity index (χ2n) is 18.6. The lowest BCUT2D eigenvalue weighted by Crippen LogP contribution is -2.34. The van der Waals surface area contributed by atoms with Crippen molar-refractivity contribution < 1.29 is 57.1 Å². The molecule has 0 saturated carbocycles. The topological polar surface area (TPSA) is 175 Å². The Hall–Kier alpha value is -5.56. The number of ether oxygens (including phenoxy) is 8. The van der Waals surface area contributed by atoms with E-state index in [2.05, 4.69) is 62.2 Å². The molecular weight excluding hydrogens is 929 g/mol. The van der Waals surface area contributed by atoms with Crippen molar-refractivity contribution in [1.82, 2.24) is 10.3 Å². The number of benzene rings is 3. The Labute approximate surface area is 422 Å². The number of hydrogen-bond donors (Lipinski definition) is 1. The summed E-state index contributed by atoms with van der Waals surface area (Å²) in [4.78, 5) is 47.8. The number of carbonyl (C=O) groups excluding carboxylic acids is 3. The number of aryl methyl sites for hydroxylation is 1. The molecule has 0 radical (unpaired) electrons. The van der Waals surface area contributed by atoms with E-state index in [1.54, 1.807) is 12.1 Å². The molecule has 0 bridgehead atoms. The lowest BCUT2D eigenvalue weighted by Gasteiger charge is -2.42. The zero-order valence-electron chi connectivity index (χ0n) is 42.3. The summed E-state index contributed by atoms with van der Waals surface area (Å²) in [5, 5.41) is 6.26. The maximum absolute atomic E-state index is 12.1. The minimum atomic E-state index is -0.394. The van der Waals surface area contributed by atoms with E-state index < -0.39 is 11.2 Å². The Morgan fingerprint density at radius 1 is 0.718 bits per heavy atom. The highest BCUT2D eigenvalue weighted by Gasteiger charge is 2.38. The van der Waals surface area contributed by atoms with Gasteiger partial charge >= 0.3 is 5.97 Å². The van der Waals surface area contributed by atoms with Crippen LogP contribution in [0.5, 0.6) is 11.6 Å². The van der Waals surface area contributed by atoms with Crippen LogP contribution in [0.25, 0.3) is 0 Å². The summed E-state index contributed by atoms with van der Waals surface area (Å²) >= 11 is 1.03. The highest BCUT2D eigenvalue weighted by molar-refractivity contribution is 8.15. The number of likely N-dealkylation sites (N-methyl/N-ethyl adjacent to an activating group) is 1. The number of hydrogen-bond acceptors (Lipinski definition) is 16. The summed E-state index contributed by atoms with van der Waals surface area (Å²) in [7, 11) is 3.31. The van der Waals surface area contributed by atoms with Crippen LogP contribution in [0.1, 0.15) is 84.3 Å². The number of amides is 2. The molecule has 3 aromatic carbocycles. The number of fused-ring (bicyclic) bond motifs is 1. The van der Waals surface area contributed by atoms with Gasteiger partial charge in [-0.3, -0.25) is 14.9 Å². The van der Waals surface area contributed by atoms with E-state index in [4.69, 9.17) is 42.7 Å². The van der Waals surface area contributed by atoms with E-state index >= 15 is 0 Å². The van der Waals surface area contributed by atoms with E-state index in [0.717, 1.165) is 58.4 Å². The van der Waals surface area contributed by atoms with Gasteiger partial charge in [0.05, 0.1) is 90.5 Å². The molecule has 384 valence electrons. The molecule has 1 unspecified atom stereocenters. The van der Waals surface area contributed by atoms with Crippen LogP contribution in [-0.2, 0) is 55.3 Å². The number of carbonyl (C=O) groups is 3. The second kappa shape index (κ2) is 27.3. The van der Waals surface area contributed by atoms with Gasteiger partial charge in [-0.15, -0.1) is 0 Å². The summed E-state index contributed by atoms with van der Waals surface area (Å²) in [6.07, 6.45) is 2.71. The number of oxime groups is 1. The van der Waals surface area contributed by atoms with Crippen LogP contribution in [-0.4, -0.2) is 140 Å². The highest BCUT2D eigenvalue weighted by Crippen LogP contribution is 2.46. The minimum absolute atomic E-state index is 0.0240.